The van der Waals surface area contributed by atoms with Gasteiger partial charge < -0.3 is 4.74 Å². The van der Waals surface area contributed by atoms with Crippen LogP contribution >= 0.6 is 0 Å². The molecule has 3 heteroatoms. The van der Waals surface area contributed by atoms with Crippen LogP contribution in [0.5, 0.6) is 0 Å². The van der Waals surface area contributed by atoms with Crippen LogP contribution in [0.2, 0.25) is 0 Å². The van der Waals surface area contributed by atoms with E-state index in [0.29, 0.717) is 30.0 Å². The van der Waals surface area contributed by atoms with Crippen LogP contribution in [0.25, 0.3) is 0 Å². The van der Waals surface area contributed by atoms with E-state index in [4.69, 9.17) is 4.74 Å². The Balaban J connectivity index is 2.26. The molecule has 0 bridgehead atoms. The Hall–Kier alpha value is -1.12. The van der Waals surface area contributed by atoms with Crippen LogP contribution in [0.4, 0.5) is 0 Å². The van der Waals surface area contributed by atoms with Crippen molar-refractivity contribution in [1.82, 2.24) is 0 Å². The van der Waals surface area contributed by atoms with Crippen LogP contribution in [-0.2, 0) is 14.3 Å². The molecule has 0 heterocycles. The summed E-state index contributed by atoms with van der Waals surface area (Å²) < 4.78 is 5.53. The quantitative estimate of drug-likeness (QED) is 0.724. The van der Waals surface area contributed by atoms with Crippen molar-refractivity contribution < 1.29 is 14.3 Å². The standard InChI is InChI=1S/C17H26O3/c1-10-6-7-13(17(4,5)20-12(3)18)8-15-11(2)16(19)9-14(10)15/h10,13-14H,6-9H2,1-5H3/t10-,13+,14+/m0/s1. The van der Waals surface area contributed by atoms with Crippen molar-refractivity contribution in [3.05, 3.63) is 11.1 Å². The number of Topliss-reactive ketones (excluding diaryl/α,β-unsaturated/α-hetero) is 1. The zero-order valence-electron chi connectivity index (χ0n) is 13.3. The van der Waals surface area contributed by atoms with Gasteiger partial charge in [-0.1, -0.05) is 12.5 Å². The highest BCUT2D eigenvalue weighted by atomic mass is 16.6. The molecule has 0 radical (unpaired) electrons. The molecular formula is C17H26O3. The van der Waals surface area contributed by atoms with E-state index in [0.717, 1.165) is 24.8 Å². The van der Waals surface area contributed by atoms with Gasteiger partial charge in [0.15, 0.2) is 5.78 Å². The van der Waals surface area contributed by atoms with E-state index in [1.165, 1.54) is 12.5 Å². The molecular weight excluding hydrogens is 252 g/mol. The molecule has 112 valence electrons. The minimum atomic E-state index is -0.459. The Morgan fingerprint density at radius 1 is 1.25 bits per heavy atom. The van der Waals surface area contributed by atoms with E-state index in [-0.39, 0.29) is 5.97 Å². The summed E-state index contributed by atoms with van der Waals surface area (Å²) in [6.45, 7) is 9.67. The largest absolute Gasteiger partial charge is 0.460 e. The minimum Gasteiger partial charge on any atom is -0.460 e. The molecule has 0 saturated heterocycles. The monoisotopic (exact) mass is 278 g/mol. The maximum atomic E-state index is 12.0. The number of carbonyl (C=O) groups excluding carboxylic acids is 2. The smallest absolute Gasteiger partial charge is 0.303 e. The predicted molar refractivity (Wildman–Crippen MR) is 78.2 cm³/mol. The molecule has 3 atom stereocenters. The molecule has 0 aromatic heterocycles. The summed E-state index contributed by atoms with van der Waals surface area (Å²) in [4.78, 5) is 23.3. The number of allylic oxidation sites excluding steroid dienone is 2. The van der Waals surface area contributed by atoms with E-state index < -0.39 is 5.60 Å². The van der Waals surface area contributed by atoms with E-state index in [9.17, 15) is 9.59 Å². The summed E-state index contributed by atoms with van der Waals surface area (Å²) in [7, 11) is 0. The van der Waals surface area contributed by atoms with Crippen molar-refractivity contribution in [2.24, 2.45) is 17.8 Å². The highest BCUT2D eigenvalue weighted by molar-refractivity contribution is 5.98. The number of ketones is 1. The van der Waals surface area contributed by atoms with E-state index in [2.05, 4.69) is 6.92 Å². The van der Waals surface area contributed by atoms with Crippen molar-refractivity contribution in [1.29, 1.82) is 0 Å². The van der Waals surface area contributed by atoms with Crippen LogP contribution < -0.4 is 0 Å². The molecule has 1 fully saturated rings. The second-order valence-electron chi connectivity index (χ2n) is 7.04. The highest BCUT2D eigenvalue weighted by Gasteiger charge is 2.41. The molecule has 0 spiro atoms. The van der Waals surface area contributed by atoms with E-state index in [1.54, 1.807) is 0 Å². The summed E-state index contributed by atoms with van der Waals surface area (Å²) in [6, 6.07) is 0. The Kier molecular flexibility index (Phi) is 4.08. The number of rotatable bonds is 2. The van der Waals surface area contributed by atoms with Crippen molar-refractivity contribution in [2.45, 2.75) is 65.9 Å². The molecule has 0 unspecified atom stereocenters. The van der Waals surface area contributed by atoms with Crippen LogP contribution in [0, 0.1) is 17.8 Å². The van der Waals surface area contributed by atoms with Gasteiger partial charge in [-0.2, -0.15) is 0 Å². The van der Waals surface area contributed by atoms with Gasteiger partial charge in [0.1, 0.15) is 5.60 Å². The fourth-order valence-electron chi connectivity index (χ4n) is 3.86. The molecule has 0 N–H and O–H groups in total. The molecule has 0 aromatic carbocycles. The van der Waals surface area contributed by atoms with Crippen molar-refractivity contribution >= 4 is 11.8 Å². The number of ether oxygens (including phenoxy) is 1. The Morgan fingerprint density at radius 2 is 1.90 bits per heavy atom. The predicted octanol–water partition coefficient (Wildman–Crippen LogP) is 3.67. The first-order chi connectivity index (χ1) is 9.22. The van der Waals surface area contributed by atoms with Gasteiger partial charge in [-0.15, -0.1) is 0 Å². The first kappa shape index (κ1) is 15.3. The Labute approximate surface area is 121 Å². The molecule has 2 rings (SSSR count). The zero-order chi connectivity index (χ0) is 15.1. The maximum absolute atomic E-state index is 12.0. The molecule has 3 nitrogen and oxygen atoms in total. The molecule has 20 heavy (non-hydrogen) atoms. The second-order valence-corrected chi connectivity index (χ2v) is 7.04. The zero-order valence-corrected chi connectivity index (χ0v) is 13.3. The lowest BCUT2D eigenvalue weighted by Gasteiger charge is -2.33. The first-order valence-electron chi connectivity index (χ1n) is 7.64. The van der Waals surface area contributed by atoms with Gasteiger partial charge >= 0.3 is 5.97 Å². The van der Waals surface area contributed by atoms with Crippen LogP contribution in [-0.4, -0.2) is 17.4 Å². The lowest BCUT2D eigenvalue weighted by Crippen LogP contribution is -2.36. The minimum absolute atomic E-state index is 0.225. The number of fused-ring (bicyclic) bond motifs is 1. The van der Waals surface area contributed by atoms with Gasteiger partial charge in [0.25, 0.3) is 0 Å². The summed E-state index contributed by atoms with van der Waals surface area (Å²) in [5.41, 5.74) is 1.83. The van der Waals surface area contributed by atoms with Gasteiger partial charge in [-0.3, -0.25) is 9.59 Å². The van der Waals surface area contributed by atoms with Gasteiger partial charge in [0.05, 0.1) is 0 Å². The van der Waals surface area contributed by atoms with E-state index >= 15 is 0 Å². The van der Waals surface area contributed by atoms with Crippen molar-refractivity contribution in [2.75, 3.05) is 0 Å². The summed E-state index contributed by atoms with van der Waals surface area (Å²) >= 11 is 0. The third-order valence-electron chi connectivity index (χ3n) is 5.27. The van der Waals surface area contributed by atoms with Crippen molar-refractivity contribution in [3.8, 4) is 0 Å². The number of hydrogen-bond acceptors (Lipinski definition) is 3. The van der Waals surface area contributed by atoms with Gasteiger partial charge in [-0.05, 0) is 57.4 Å². The Bertz CT molecular complexity index is 459. The molecule has 2 aliphatic carbocycles. The average Bonchev–Trinajstić information content (AvgIpc) is 2.50. The summed E-state index contributed by atoms with van der Waals surface area (Å²) in [6.07, 6.45) is 3.74. The lowest BCUT2D eigenvalue weighted by molar-refractivity contribution is -0.159. The maximum Gasteiger partial charge on any atom is 0.303 e. The third-order valence-corrected chi connectivity index (χ3v) is 5.27. The van der Waals surface area contributed by atoms with E-state index in [1.807, 2.05) is 20.8 Å². The Morgan fingerprint density at radius 3 is 2.50 bits per heavy atom. The number of esters is 1. The number of hydrogen-bond donors (Lipinski definition) is 0. The fraction of sp³-hybridized carbons (Fsp3) is 0.765. The van der Waals surface area contributed by atoms with Gasteiger partial charge in [0.2, 0.25) is 0 Å². The molecule has 0 aliphatic heterocycles. The van der Waals surface area contributed by atoms with Crippen LogP contribution in [0.1, 0.15) is 60.3 Å². The normalized spacial score (nSPS) is 31.1. The summed E-state index contributed by atoms with van der Waals surface area (Å²) in [5, 5.41) is 0. The SMILES string of the molecule is CC(=O)OC(C)(C)[C@@H]1CC[C@H](C)[C@H]2CC(=O)C(C)=C2C1. The molecule has 1 saturated carbocycles. The topological polar surface area (TPSA) is 43.4 Å². The summed E-state index contributed by atoms with van der Waals surface area (Å²) in [5.74, 6) is 1.35. The second kappa shape index (κ2) is 5.34. The van der Waals surface area contributed by atoms with Crippen LogP contribution in [0.3, 0.4) is 0 Å². The lowest BCUT2D eigenvalue weighted by atomic mass is 9.82. The average molecular weight is 278 g/mol. The highest BCUT2D eigenvalue weighted by Crippen LogP contribution is 2.46. The molecule has 0 amide bonds. The molecule has 0 aromatic rings. The van der Waals surface area contributed by atoms with Gasteiger partial charge in [-0.25, -0.2) is 0 Å². The van der Waals surface area contributed by atoms with Gasteiger partial charge in [0, 0.05) is 19.3 Å². The molecule has 2 aliphatic rings. The number of carbonyl (C=O) groups is 2. The van der Waals surface area contributed by atoms with Crippen molar-refractivity contribution in [3.63, 3.8) is 0 Å². The third kappa shape index (κ3) is 2.82. The fourth-order valence-corrected chi connectivity index (χ4v) is 3.86. The van der Waals surface area contributed by atoms with Crippen LogP contribution in [0.15, 0.2) is 11.1 Å². The first-order valence-corrected chi connectivity index (χ1v) is 7.64.